The maximum Gasteiger partial charge on any atom is 0.258 e. The van der Waals surface area contributed by atoms with Gasteiger partial charge in [-0.05, 0) is 46.3 Å². The summed E-state index contributed by atoms with van der Waals surface area (Å²) in [5.41, 5.74) is 0.520. The van der Waals surface area contributed by atoms with Crippen LogP contribution in [0.1, 0.15) is 10.4 Å². The monoisotopic (exact) mass is 388 g/mol. The summed E-state index contributed by atoms with van der Waals surface area (Å²) >= 11 is 12.5. The molecule has 0 saturated heterocycles. The standard InChI is InChI=1S/C12H7Br2ClN2O/c13-7-1-2-10(14)9(5-7)12(18)17-11-6-8(15)3-4-16-11/h1-6H,(H,16,17,18). The van der Waals surface area contributed by atoms with Crippen LogP contribution in [0.2, 0.25) is 5.02 Å². The average molecular weight is 390 g/mol. The molecule has 1 N–H and O–H groups in total. The molecular formula is C12H7Br2ClN2O. The molecular weight excluding hydrogens is 383 g/mol. The quantitative estimate of drug-likeness (QED) is 0.820. The first-order valence-electron chi connectivity index (χ1n) is 4.94. The van der Waals surface area contributed by atoms with Crippen molar-refractivity contribution < 1.29 is 4.79 Å². The third-order valence-corrected chi connectivity index (χ3v) is 3.56. The number of hydrogen-bond acceptors (Lipinski definition) is 2. The van der Waals surface area contributed by atoms with Gasteiger partial charge in [-0.1, -0.05) is 27.5 Å². The van der Waals surface area contributed by atoms with E-state index in [9.17, 15) is 4.79 Å². The molecule has 0 bridgehead atoms. The van der Waals surface area contributed by atoms with Crippen LogP contribution in [0.4, 0.5) is 5.82 Å². The molecule has 3 nitrogen and oxygen atoms in total. The van der Waals surface area contributed by atoms with Crippen LogP contribution in [0.15, 0.2) is 45.5 Å². The molecule has 0 radical (unpaired) electrons. The highest BCUT2D eigenvalue weighted by Crippen LogP contribution is 2.22. The molecule has 0 atom stereocenters. The summed E-state index contributed by atoms with van der Waals surface area (Å²) in [4.78, 5) is 16.1. The molecule has 18 heavy (non-hydrogen) atoms. The fourth-order valence-corrected chi connectivity index (χ4v) is 2.28. The molecule has 0 aliphatic heterocycles. The Balaban J connectivity index is 2.24. The Morgan fingerprint density at radius 1 is 1.22 bits per heavy atom. The van der Waals surface area contributed by atoms with Gasteiger partial charge in [0.25, 0.3) is 5.91 Å². The van der Waals surface area contributed by atoms with Crippen LogP contribution in [-0.2, 0) is 0 Å². The highest BCUT2D eigenvalue weighted by molar-refractivity contribution is 9.11. The third-order valence-electron chi connectivity index (χ3n) is 2.14. The van der Waals surface area contributed by atoms with Crippen molar-refractivity contribution in [2.24, 2.45) is 0 Å². The van der Waals surface area contributed by atoms with E-state index in [2.05, 4.69) is 42.2 Å². The Morgan fingerprint density at radius 2 is 2.00 bits per heavy atom. The SMILES string of the molecule is O=C(Nc1cc(Cl)ccn1)c1cc(Br)ccc1Br. The third kappa shape index (κ3) is 3.31. The minimum absolute atomic E-state index is 0.252. The second-order valence-corrected chi connectivity index (χ2v) is 5.64. The lowest BCUT2D eigenvalue weighted by molar-refractivity contribution is 0.102. The van der Waals surface area contributed by atoms with Crippen molar-refractivity contribution in [3.05, 3.63) is 56.1 Å². The van der Waals surface area contributed by atoms with E-state index in [4.69, 9.17) is 11.6 Å². The second kappa shape index (κ2) is 5.82. The first-order chi connectivity index (χ1) is 8.56. The van der Waals surface area contributed by atoms with Crippen LogP contribution in [-0.4, -0.2) is 10.9 Å². The number of benzene rings is 1. The molecule has 0 unspecified atom stereocenters. The van der Waals surface area contributed by atoms with E-state index >= 15 is 0 Å². The largest absolute Gasteiger partial charge is 0.306 e. The summed E-state index contributed by atoms with van der Waals surface area (Å²) in [6, 6.07) is 8.60. The van der Waals surface area contributed by atoms with E-state index in [-0.39, 0.29) is 5.91 Å². The zero-order chi connectivity index (χ0) is 13.1. The zero-order valence-electron chi connectivity index (χ0n) is 8.95. The average Bonchev–Trinajstić information content (AvgIpc) is 2.32. The van der Waals surface area contributed by atoms with Crippen molar-refractivity contribution >= 4 is 55.2 Å². The van der Waals surface area contributed by atoms with Gasteiger partial charge in [0.1, 0.15) is 5.82 Å². The number of halogens is 3. The number of aromatic nitrogens is 1. The molecule has 0 spiro atoms. The summed E-state index contributed by atoms with van der Waals surface area (Å²) in [5.74, 6) is 0.164. The predicted molar refractivity (Wildman–Crippen MR) is 79.0 cm³/mol. The van der Waals surface area contributed by atoms with E-state index in [1.54, 1.807) is 24.3 Å². The van der Waals surface area contributed by atoms with Crippen LogP contribution in [0.25, 0.3) is 0 Å². The van der Waals surface area contributed by atoms with Crippen molar-refractivity contribution in [2.45, 2.75) is 0 Å². The number of carbonyl (C=O) groups excluding carboxylic acids is 1. The summed E-state index contributed by atoms with van der Waals surface area (Å²) in [5, 5.41) is 3.20. The van der Waals surface area contributed by atoms with Crippen molar-refractivity contribution in [1.82, 2.24) is 4.98 Å². The lowest BCUT2D eigenvalue weighted by Crippen LogP contribution is -2.13. The van der Waals surface area contributed by atoms with E-state index in [0.717, 1.165) is 4.47 Å². The normalized spacial score (nSPS) is 10.2. The molecule has 0 saturated carbocycles. The number of carbonyl (C=O) groups is 1. The van der Waals surface area contributed by atoms with Gasteiger partial charge in [-0.3, -0.25) is 4.79 Å². The fourth-order valence-electron chi connectivity index (χ4n) is 1.33. The first kappa shape index (κ1) is 13.5. The Hall–Kier alpha value is -0.910. The molecule has 6 heteroatoms. The van der Waals surface area contributed by atoms with Gasteiger partial charge in [-0.15, -0.1) is 0 Å². The van der Waals surface area contributed by atoms with Crippen molar-refractivity contribution in [3.8, 4) is 0 Å². The van der Waals surface area contributed by atoms with E-state index in [1.165, 1.54) is 6.20 Å². The molecule has 1 heterocycles. The summed E-state index contributed by atoms with van der Waals surface area (Å²) in [7, 11) is 0. The fraction of sp³-hybridized carbons (Fsp3) is 0. The molecule has 1 aromatic carbocycles. The molecule has 2 rings (SSSR count). The number of nitrogens with one attached hydrogen (secondary N) is 1. The molecule has 0 fully saturated rings. The second-order valence-electron chi connectivity index (χ2n) is 3.44. The number of amides is 1. The van der Waals surface area contributed by atoms with Gasteiger partial charge < -0.3 is 5.32 Å². The van der Waals surface area contributed by atoms with E-state index in [0.29, 0.717) is 20.9 Å². The van der Waals surface area contributed by atoms with Crippen molar-refractivity contribution in [1.29, 1.82) is 0 Å². The Kier molecular flexibility index (Phi) is 4.37. The van der Waals surface area contributed by atoms with Gasteiger partial charge >= 0.3 is 0 Å². The molecule has 0 aliphatic carbocycles. The molecule has 92 valence electrons. The highest BCUT2D eigenvalue weighted by Gasteiger charge is 2.11. The molecule has 1 amide bonds. The molecule has 1 aromatic heterocycles. The number of rotatable bonds is 2. The number of nitrogens with zero attached hydrogens (tertiary/aromatic N) is 1. The maximum absolute atomic E-state index is 12.1. The van der Waals surface area contributed by atoms with Gasteiger partial charge in [0.05, 0.1) is 5.56 Å². The number of pyridine rings is 1. The van der Waals surface area contributed by atoms with Crippen LogP contribution >= 0.6 is 43.5 Å². The lowest BCUT2D eigenvalue weighted by atomic mass is 10.2. The van der Waals surface area contributed by atoms with Crippen LogP contribution < -0.4 is 5.32 Å². The zero-order valence-corrected chi connectivity index (χ0v) is 12.9. The smallest absolute Gasteiger partial charge is 0.258 e. The highest BCUT2D eigenvalue weighted by atomic mass is 79.9. The van der Waals surface area contributed by atoms with Crippen molar-refractivity contribution in [2.75, 3.05) is 5.32 Å². The van der Waals surface area contributed by atoms with Crippen LogP contribution in [0.5, 0.6) is 0 Å². The van der Waals surface area contributed by atoms with Crippen LogP contribution in [0.3, 0.4) is 0 Å². The van der Waals surface area contributed by atoms with E-state index in [1.807, 2.05) is 6.07 Å². The van der Waals surface area contributed by atoms with Gasteiger partial charge in [0, 0.05) is 20.2 Å². The minimum atomic E-state index is -0.252. The van der Waals surface area contributed by atoms with Gasteiger partial charge in [0.15, 0.2) is 0 Å². The van der Waals surface area contributed by atoms with Crippen molar-refractivity contribution in [3.63, 3.8) is 0 Å². The van der Waals surface area contributed by atoms with Gasteiger partial charge in [-0.25, -0.2) is 4.98 Å². The summed E-state index contributed by atoms with van der Waals surface area (Å²) in [6.07, 6.45) is 1.54. The van der Waals surface area contributed by atoms with Gasteiger partial charge in [0.2, 0.25) is 0 Å². The van der Waals surface area contributed by atoms with Crippen LogP contribution in [0, 0.1) is 0 Å². The Labute approximate surface area is 126 Å². The number of hydrogen-bond donors (Lipinski definition) is 1. The number of anilines is 1. The van der Waals surface area contributed by atoms with E-state index < -0.39 is 0 Å². The van der Waals surface area contributed by atoms with Gasteiger partial charge in [-0.2, -0.15) is 0 Å². The first-order valence-corrected chi connectivity index (χ1v) is 6.90. The molecule has 0 aliphatic rings. The maximum atomic E-state index is 12.1. The lowest BCUT2D eigenvalue weighted by Gasteiger charge is -2.06. The Bertz CT molecular complexity index is 604. The predicted octanol–water partition coefficient (Wildman–Crippen LogP) is 4.51. The summed E-state index contributed by atoms with van der Waals surface area (Å²) in [6.45, 7) is 0. The Morgan fingerprint density at radius 3 is 2.72 bits per heavy atom. The molecule has 2 aromatic rings. The minimum Gasteiger partial charge on any atom is -0.306 e. The summed E-state index contributed by atoms with van der Waals surface area (Å²) < 4.78 is 1.54. The topological polar surface area (TPSA) is 42.0 Å².